The third-order valence-electron chi connectivity index (χ3n) is 3.68. The molecule has 0 aliphatic carbocycles. The number of urea groups is 1. The first-order valence-corrected chi connectivity index (χ1v) is 8.58. The average molecular weight is 387 g/mol. The minimum Gasteiger partial charge on any atom is -0.495 e. The van der Waals surface area contributed by atoms with Crippen LogP contribution in [0.25, 0.3) is 11.1 Å². The standard InChI is InChI=1S/C20H16Cl2N2O2/c1-26-19-8-7-14(13-5-3-2-4-6-13)9-18(19)24-20(25)23-17-11-15(21)10-16(22)12-17/h2-12H,1H3,(H2,23,24,25). The number of halogens is 2. The highest BCUT2D eigenvalue weighted by Crippen LogP contribution is 2.31. The number of anilines is 2. The van der Waals surface area contributed by atoms with Crippen LogP contribution < -0.4 is 15.4 Å². The van der Waals surface area contributed by atoms with Gasteiger partial charge in [-0.15, -0.1) is 0 Å². The van der Waals surface area contributed by atoms with Crippen LogP contribution in [0.3, 0.4) is 0 Å². The maximum atomic E-state index is 12.4. The van der Waals surface area contributed by atoms with Gasteiger partial charge in [-0.05, 0) is 41.5 Å². The Bertz CT molecular complexity index is 910. The Morgan fingerprint density at radius 1 is 0.846 bits per heavy atom. The third-order valence-corrected chi connectivity index (χ3v) is 4.11. The molecule has 26 heavy (non-hydrogen) atoms. The summed E-state index contributed by atoms with van der Waals surface area (Å²) in [6, 6.07) is 19.9. The van der Waals surface area contributed by atoms with Crippen LogP contribution in [0.1, 0.15) is 0 Å². The molecule has 0 saturated heterocycles. The van der Waals surface area contributed by atoms with Crippen LogP contribution in [0.4, 0.5) is 16.2 Å². The van der Waals surface area contributed by atoms with E-state index in [4.69, 9.17) is 27.9 Å². The first-order valence-electron chi connectivity index (χ1n) is 7.83. The highest BCUT2D eigenvalue weighted by atomic mass is 35.5. The van der Waals surface area contributed by atoms with E-state index in [1.54, 1.807) is 25.3 Å². The molecule has 2 amide bonds. The fraction of sp³-hybridized carbons (Fsp3) is 0.0500. The summed E-state index contributed by atoms with van der Waals surface area (Å²) in [5.41, 5.74) is 3.06. The molecule has 0 spiro atoms. The van der Waals surface area contributed by atoms with Crippen LogP contribution in [-0.2, 0) is 0 Å². The third kappa shape index (κ3) is 4.48. The van der Waals surface area contributed by atoms with E-state index >= 15 is 0 Å². The molecule has 0 saturated carbocycles. The van der Waals surface area contributed by atoms with Crippen LogP contribution in [0.2, 0.25) is 10.0 Å². The van der Waals surface area contributed by atoms with Gasteiger partial charge in [0.2, 0.25) is 0 Å². The second kappa shape index (κ2) is 8.13. The molecule has 0 radical (unpaired) electrons. The van der Waals surface area contributed by atoms with E-state index in [1.165, 1.54) is 0 Å². The first-order chi connectivity index (χ1) is 12.5. The van der Waals surface area contributed by atoms with Gasteiger partial charge in [0.25, 0.3) is 0 Å². The smallest absolute Gasteiger partial charge is 0.323 e. The molecule has 3 aromatic rings. The Kier molecular flexibility index (Phi) is 5.66. The minimum absolute atomic E-state index is 0.424. The van der Waals surface area contributed by atoms with Crippen molar-refractivity contribution in [1.82, 2.24) is 0 Å². The molecule has 2 N–H and O–H groups in total. The summed E-state index contributed by atoms with van der Waals surface area (Å²) in [7, 11) is 1.55. The second-order valence-electron chi connectivity index (χ2n) is 5.52. The van der Waals surface area contributed by atoms with Gasteiger partial charge >= 0.3 is 6.03 Å². The number of methoxy groups -OCH3 is 1. The Labute approximate surface area is 161 Å². The zero-order chi connectivity index (χ0) is 18.5. The summed E-state index contributed by atoms with van der Waals surface area (Å²) < 4.78 is 5.34. The van der Waals surface area contributed by atoms with Crippen LogP contribution >= 0.6 is 23.2 Å². The number of hydrogen-bond acceptors (Lipinski definition) is 2. The van der Waals surface area contributed by atoms with Gasteiger partial charge in [0.1, 0.15) is 5.75 Å². The predicted octanol–water partition coefficient (Wildman–Crippen LogP) is 6.31. The maximum Gasteiger partial charge on any atom is 0.323 e. The van der Waals surface area contributed by atoms with Crippen molar-refractivity contribution >= 4 is 40.6 Å². The Hall–Kier alpha value is -2.69. The van der Waals surface area contributed by atoms with Crippen molar-refractivity contribution < 1.29 is 9.53 Å². The number of nitrogens with one attached hydrogen (secondary N) is 2. The summed E-state index contributed by atoms with van der Waals surface area (Å²) >= 11 is 11.9. The summed E-state index contributed by atoms with van der Waals surface area (Å²) in [6.07, 6.45) is 0. The van der Waals surface area contributed by atoms with Crippen LogP contribution in [0.15, 0.2) is 66.7 Å². The quantitative estimate of drug-likeness (QED) is 0.551. The molecule has 0 bridgehead atoms. The van der Waals surface area contributed by atoms with E-state index in [2.05, 4.69) is 10.6 Å². The molecule has 4 nitrogen and oxygen atoms in total. The summed E-state index contributed by atoms with van der Waals surface area (Å²) in [5, 5.41) is 6.39. The van der Waals surface area contributed by atoms with Gasteiger partial charge in [-0.2, -0.15) is 0 Å². The highest BCUT2D eigenvalue weighted by Gasteiger charge is 2.10. The van der Waals surface area contributed by atoms with Crippen molar-refractivity contribution in [3.8, 4) is 16.9 Å². The summed E-state index contributed by atoms with van der Waals surface area (Å²) in [5.74, 6) is 0.559. The number of carbonyl (C=O) groups excluding carboxylic acids is 1. The van der Waals surface area contributed by atoms with Crippen molar-refractivity contribution in [2.75, 3.05) is 17.7 Å². The van der Waals surface area contributed by atoms with Crippen molar-refractivity contribution in [2.45, 2.75) is 0 Å². The fourth-order valence-corrected chi connectivity index (χ4v) is 3.05. The first kappa shape index (κ1) is 18.1. The van der Waals surface area contributed by atoms with Crippen LogP contribution in [0, 0.1) is 0 Å². The SMILES string of the molecule is COc1ccc(-c2ccccc2)cc1NC(=O)Nc1cc(Cl)cc(Cl)c1. The average Bonchev–Trinajstić information content (AvgIpc) is 2.61. The minimum atomic E-state index is -0.424. The molecule has 6 heteroatoms. The lowest BCUT2D eigenvalue weighted by Gasteiger charge is -2.13. The molecule has 0 aliphatic heterocycles. The van der Waals surface area contributed by atoms with Gasteiger partial charge in [0.05, 0.1) is 12.8 Å². The molecule has 0 aliphatic rings. The topological polar surface area (TPSA) is 50.4 Å². The van der Waals surface area contributed by atoms with E-state index in [1.807, 2.05) is 48.5 Å². The van der Waals surface area contributed by atoms with E-state index in [0.29, 0.717) is 27.2 Å². The lowest BCUT2D eigenvalue weighted by molar-refractivity contribution is 0.262. The second-order valence-corrected chi connectivity index (χ2v) is 6.39. The highest BCUT2D eigenvalue weighted by molar-refractivity contribution is 6.35. The van der Waals surface area contributed by atoms with Crippen molar-refractivity contribution in [3.05, 3.63) is 76.8 Å². The summed E-state index contributed by atoms with van der Waals surface area (Å²) in [4.78, 5) is 12.4. The number of ether oxygens (including phenoxy) is 1. The van der Waals surface area contributed by atoms with Gasteiger partial charge in [-0.25, -0.2) is 4.79 Å². The van der Waals surface area contributed by atoms with Crippen molar-refractivity contribution in [3.63, 3.8) is 0 Å². The van der Waals surface area contributed by atoms with Gasteiger partial charge in [-0.3, -0.25) is 0 Å². The van der Waals surface area contributed by atoms with E-state index in [-0.39, 0.29) is 0 Å². The molecule has 3 rings (SSSR count). The van der Waals surface area contributed by atoms with Crippen LogP contribution in [-0.4, -0.2) is 13.1 Å². The van der Waals surface area contributed by atoms with E-state index < -0.39 is 6.03 Å². The summed E-state index contributed by atoms with van der Waals surface area (Å²) in [6.45, 7) is 0. The maximum absolute atomic E-state index is 12.4. The number of carbonyl (C=O) groups is 1. The molecular weight excluding hydrogens is 371 g/mol. The van der Waals surface area contributed by atoms with Gasteiger partial charge < -0.3 is 15.4 Å². The molecular formula is C20H16Cl2N2O2. The molecule has 132 valence electrons. The number of hydrogen-bond donors (Lipinski definition) is 2. The number of rotatable bonds is 4. The molecule has 0 atom stereocenters. The van der Waals surface area contributed by atoms with Gasteiger partial charge in [0.15, 0.2) is 0 Å². The molecule has 0 fully saturated rings. The van der Waals surface area contributed by atoms with Gasteiger partial charge in [-0.1, -0.05) is 59.6 Å². The normalized spacial score (nSPS) is 10.3. The molecule has 3 aromatic carbocycles. The fourth-order valence-electron chi connectivity index (χ4n) is 2.53. The molecule has 0 unspecified atom stereocenters. The van der Waals surface area contributed by atoms with E-state index in [9.17, 15) is 4.79 Å². The number of benzene rings is 3. The zero-order valence-electron chi connectivity index (χ0n) is 13.9. The Balaban J connectivity index is 1.82. The monoisotopic (exact) mass is 386 g/mol. The molecule has 0 aromatic heterocycles. The Morgan fingerprint density at radius 2 is 1.54 bits per heavy atom. The lowest BCUT2D eigenvalue weighted by atomic mass is 10.0. The molecule has 0 heterocycles. The van der Waals surface area contributed by atoms with Gasteiger partial charge in [0, 0.05) is 15.7 Å². The predicted molar refractivity (Wildman–Crippen MR) is 108 cm³/mol. The van der Waals surface area contributed by atoms with E-state index in [0.717, 1.165) is 11.1 Å². The Morgan fingerprint density at radius 3 is 2.19 bits per heavy atom. The van der Waals surface area contributed by atoms with Crippen molar-refractivity contribution in [1.29, 1.82) is 0 Å². The van der Waals surface area contributed by atoms with Crippen LogP contribution in [0.5, 0.6) is 5.75 Å². The lowest BCUT2D eigenvalue weighted by Crippen LogP contribution is -2.19. The zero-order valence-corrected chi connectivity index (χ0v) is 15.4. The van der Waals surface area contributed by atoms with Crippen molar-refractivity contribution in [2.24, 2.45) is 0 Å². The number of amides is 2. The largest absolute Gasteiger partial charge is 0.495 e.